The quantitative estimate of drug-likeness (QED) is 0.282. The molecule has 0 amide bonds. The van der Waals surface area contributed by atoms with Crippen LogP contribution in [0.3, 0.4) is 0 Å². The molecule has 0 heterocycles. The van der Waals surface area contributed by atoms with E-state index in [1.807, 2.05) is 0 Å². The molecule has 0 rings (SSSR count). The number of hydrogen-bond donors (Lipinski definition) is 0. The summed E-state index contributed by atoms with van der Waals surface area (Å²) in [6.07, 6.45) is -25.0. The molecule has 0 N–H and O–H groups in total. The molecule has 0 aromatic carbocycles. The first-order chi connectivity index (χ1) is 10.3. The molecule has 0 fully saturated rings. The summed E-state index contributed by atoms with van der Waals surface area (Å²) in [5, 5.41) is 0. The predicted octanol–water partition coefficient (Wildman–Crippen LogP) is 1.96. The van der Waals surface area contributed by atoms with Gasteiger partial charge in [-0.05, 0) is 11.1 Å². The molecular weight excluding hydrogens is 415 g/mol. The highest BCUT2D eigenvalue weighted by atomic mass is 32.3. The Morgan fingerprint density at radius 2 is 1.38 bits per heavy atom. The molecule has 0 saturated carbocycles. The molecule has 0 aromatic heterocycles. The minimum Gasteiger partial charge on any atom is -0.771 e. The Hall–Kier alpha value is -0.650. The maximum atomic E-state index is 12.7. The molecule has 24 heavy (non-hydrogen) atoms. The SMILES string of the molecule is COC(CC(F)(F)F)OS(=O)(=O)C(S(=O)[O-])(C(F)(F)F)C(F)(F)F. The minimum absolute atomic E-state index is 0.281. The first-order valence-corrected chi connectivity index (χ1v) is 7.57. The Balaban J connectivity index is 6.28. The minimum atomic E-state index is -7.27. The van der Waals surface area contributed by atoms with Gasteiger partial charge in [0.05, 0.1) is 6.42 Å². The zero-order valence-electron chi connectivity index (χ0n) is 11.0. The summed E-state index contributed by atoms with van der Waals surface area (Å²) in [5.41, 5.74) is 0. The van der Waals surface area contributed by atoms with Gasteiger partial charge in [0, 0.05) is 7.11 Å². The highest BCUT2D eigenvalue weighted by Gasteiger charge is 2.81. The average molecular weight is 421 g/mol. The Morgan fingerprint density at radius 1 is 1.00 bits per heavy atom. The number of hydrogen-bond acceptors (Lipinski definition) is 6. The third kappa shape index (κ3) is 4.50. The summed E-state index contributed by atoms with van der Waals surface area (Å²) in [6.45, 7) is 0. The summed E-state index contributed by atoms with van der Waals surface area (Å²) >= 11 is -5.46. The molecule has 0 aliphatic heterocycles. The van der Waals surface area contributed by atoms with E-state index in [9.17, 15) is 56.7 Å². The Kier molecular flexibility index (Phi) is 6.74. The van der Waals surface area contributed by atoms with Crippen molar-refractivity contribution in [3.63, 3.8) is 0 Å². The van der Waals surface area contributed by atoms with Crippen molar-refractivity contribution in [2.45, 2.75) is 35.3 Å². The van der Waals surface area contributed by atoms with Crippen molar-refractivity contribution in [2.75, 3.05) is 7.11 Å². The lowest BCUT2D eigenvalue weighted by atomic mass is 10.4. The van der Waals surface area contributed by atoms with Gasteiger partial charge in [0.25, 0.3) is 0 Å². The maximum absolute atomic E-state index is 12.7. The van der Waals surface area contributed by atoms with Crippen LogP contribution in [0.5, 0.6) is 0 Å². The fourth-order valence-electron chi connectivity index (χ4n) is 1.27. The van der Waals surface area contributed by atoms with Crippen molar-refractivity contribution < 1.29 is 65.6 Å². The average Bonchev–Trinajstić information content (AvgIpc) is 2.20. The molecule has 0 aliphatic rings. The van der Waals surface area contributed by atoms with Gasteiger partial charge in [0.15, 0.2) is 6.29 Å². The van der Waals surface area contributed by atoms with Crippen LogP contribution in [0, 0.1) is 0 Å². The monoisotopic (exact) mass is 421 g/mol. The topological polar surface area (TPSA) is 92.7 Å². The molecule has 146 valence electrons. The van der Waals surface area contributed by atoms with Crippen LogP contribution in [0.25, 0.3) is 0 Å². The molecule has 2 atom stereocenters. The van der Waals surface area contributed by atoms with E-state index in [1.165, 1.54) is 0 Å². The summed E-state index contributed by atoms with van der Waals surface area (Å²) in [4.78, 5) is 0. The molecule has 2 unspecified atom stereocenters. The van der Waals surface area contributed by atoms with E-state index in [1.54, 1.807) is 0 Å². The molecule has 0 saturated heterocycles. The fraction of sp³-hybridized carbons (Fsp3) is 1.00. The summed E-state index contributed by atoms with van der Waals surface area (Å²) < 4.78 is 156. The smallest absolute Gasteiger partial charge is 0.430 e. The Morgan fingerprint density at radius 3 is 1.58 bits per heavy atom. The lowest BCUT2D eigenvalue weighted by Crippen LogP contribution is -2.65. The van der Waals surface area contributed by atoms with Crippen molar-refractivity contribution in [3.8, 4) is 0 Å². The molecule has 6 nitrogen and oxygen atoms in total. The molecule has 0 radical (unpaired) electrons. The van der Waals surface area contributed by atoms with Gasteiger partial charge in [0.1, 0.15) is 0 Å². The van der Waals surface area contributed by atoms with Crippen LogP contribution in [-0.2, 0) is 30.1 Å². The number of halogens is 9. The van der Waals surface area contributed by atoms with E-state index >= 15 is 0 Å². The lowest BCUT2D eigenvalue weighted by Gasteiger charge is -2.37. The van der Waals surface area contributed by atoms with Crippen LogP contribution in [0.4, 0.5) is 39.5 Å². The van der Waals surface area contributed by atoms with Crippen molar-refractivity contribution >= 4 is 21.2 Å². The van der Waals surface area contributed by atoms with Gasteiger partial charge in [-0.2, -0.15) is 47.9 Å². The number of alkyl halides is 9. The first-order valence-electron chi connectivity index (χ1n) is 5.08. The van der Waals surface area contributed by atoms with Crippen LogP contribution in [0.15, 0.2) is 0 Å². The number of rotatable bonds is 6. The van der Waals surface area contributed by atoms with Gasteiger partial charge in [-0.1, -0.05) is 0 Å². The normalized spacial score (nSPS) is 17.6. The molecule has 0 spiro atoms. The van der Waals surface area contributed by atoms with E-state index in [2.05, 4.69) is 8.92 Å². The second-order valence-corrected chi connectivity index (χ2v) is 6.93. The van der Waals surface area contributed by atoms with Crippen LogP contribution in [0.1, 0.15) is 6.42 Å². The highest BCUT2D eigenvalue weighted by molar-refractivity contribution is 8.03. The highest BCUT2D eigenvalue weighted by Crippen LogP contribution is 2.51. The predicted molar refractivity (Wildman–Crippen MR) is 55.2 cm³/mol. The largest absolute Gasteiger partial charge is 0.771 e. The van der Waals surface area contributed by atoms with Gasteiger partial charge in [-0.15, -0.1) is 0 Å². The van der Waals surface area contributed by atoms with E-state index in [0.717, 1.165) is 0 Å². The van der Waals surface area contributed by atoms with Crippen molar-refractivity contribution in [2.24, 2.45) is 0 Å². The van der Waals surface area contributed by atoms with E-state index in [0.29, 0.717) is 0 Å². The standard InChI is InChI=1S/C7H7F9O6S2/c1-21-3(2-4(8,9)10)22-24(19,20)5(23(17)18,6(11,12)13)7(14,15)16/h3H,2H2,1H3,(H,17,18)/p-1. The fourth-order valence-corrected chi connectivity index (χ4v) is 3.57. The number of ether oxygens (including phenoxy) is 1. The zero-order chi connectivity index (χ0) is 19.8. The second-order valence-electron chi connectivity index (χ2n) is 3.88. The van der Waals surface area contributed by atoms with Gasteiger partial charge >= 0.3 is 32.7 Å². The summed E-state index contributed by atoms with van der Waals surface area (Å²) in [6, 6.07) is 0. The summed E-state index contributed by atoms with van der Waals surface area (Å²) in [5.74, 6) is 0. The van der Waals surface area contributed by atoms with Crippen molar-refractivity contribution in [3.05, 3.63) is 0 Å². The Bertz CT molecular complexity index is 548. The third-order valence-corrected chi connectivity index (χ3v) is 5.82. The first kappa shape index (κ1) is 23.4. The molecular formula is C7H6F9O6S2-. The summed E-state index contributed by atoms with van der Waals surface area (Å²) in [7, 11) is -6.99. The van der Waals surface area contributed by atoms with Crippen molar-refractivity contribution in [1.29, 1.82) is 0 Å². The number of methoxy groups -OCH3 is 1. The van der Waals surface area contributed by atoms with Gasteiger partial charge in [0.2, 0.25) is 0 Å². The van der Waals surface area contributed by atoms with E-state index in [-0.39, 0.29) is 7.11 Å². The van der Waals surface area contributed by atoms with Gasteiger partial charge < -0.3 is 9.29 Å². The van der Waals surface area contributed by atoms with E-state index in [4.69, 9.17) is 0 Å². The molecule has 0 aromatic rings. The van der Waals surface area contributed by atoms with Crippen LogP contribution in [-0.4, -0.2) is 53.2 Å². The van der Waals surface area contributed by atoms with Crippen LogP contribution in [0.2, 0.25) is 0 Å². The van der Waals surface area contributed by atoms with Crippen molar-refractivity contribution in [1.82, 2.24) is 0 Å². The van der Waals surface area contributed by atoms with Crippen LogP contribution < -0.4 is 0 Å². The van der Waals surface area contributed by atoms with Crippen LogP contribution >= 0.6 is 0 Å². The third-order valence-electron chi connectivity index (χ3n) is 2.23. The molecule has 0 bridgehead atoms. The Labute approximate surface area is 130 Å². The molecule has 0 aliphatic carbocycles. The van der Waals surface area contributed by atoms with Gasteiger partial charge in [-0.3, -0.25) is 4.21 Å². The zero-order valence-corrected chi connectivity index (χ0v) is 12.6. The maximum Gasteiger partial charge on any atom is 0.430 e. The van der Waals surface area contributed by atoms with E-state index < -0.39 is 56.5 Å². The second kappa shape index (κ2) is 6.93. The molecule has 17 heteroatoms. The van der Waals surface area contributed by atoms with Gasteiger partial charge in [-0.25, -0.2) is 4.18 Å². The lowest BCUT2D eigenvalue weighted by molar-refractivity contribution is -0.244.